The second-order valence-corrected chi connectivity index (χ2v) is 5.70. The molecule has 0 N–H and O–H groups in total. The third kappa shape index (κ3) is 3.72. The Hall–Kier alpha value is -2.08. The predicted octanol–water partition coefficient (Wildman–Crippen LogP) is 6.28. The topological polar surface area (TPSA) is 0 Å². The van der Waals surface area contributed by atoms with Gasteiger partial charge in [0, 0.05) is 0 Å². The standard InChI is InChI=1S/C21H24/c1-5-6-12-20(16(2)3)21-15-19(14-13-17(21)4)18-10-8-7-9-11-18/h5-16H,1-4H3/b6-5-,20-12+. The maximum absolute atomic E-state index is 2.32. The third-order valence-electron chi connectivity index (χ3n) is 3.75. The van der Waals surface area contributed by atoms with Gasteiger partial charge in [0.15, 0.2) is 0 Å². The van der Waals surface area contributed by atoms with Crippen LogP contribution in [0.1, 0.15) is 31.9 Å². The number of allylic oxidation sites excluding steroid dienone is 4. The van der Waals surface area contributed by atoms with Crippen LogP contribution in [0.15, 0.2) is 66.8 Å². The van der Waals surface area contributed by atoms with Crippen LogP contribution in [-0.2, 0) is 0 Å². The van der Waals surface area contributed by atoms with Gasteiger partial charge in [0.1, 0.15) is 0 Å². The number of rotatable bonds is 4. The Kier molecular flexibility index (Phi) is 5.16. The minimum atomic E-state index is 0.505. The van der Waals surface area contributed by atoms with Crippen LogP contribution in [0, 0.1) is 12.8 Å². The van der Waals surface area contributed by atoms with E-state index in [0.29, 0.717) is 5.92 Å². The second kappa shape index (κ2) is 7.08. The Bertz CT molecular complexity index is 643. The molecule has 0 aliphatic rings. The van der Waals surface area contributed by atoms with Crippen molar-refractivity contribution < 1.29 is 0 Å². The van der Waals surface area contributed by atoms with E-state index < -0.39 is 0 Å². The molecule has 0 spiro atoms. The molecule has 2 aromatic carbocycles. The lowest BCUT2D eigenvalue weighted by atomic mass is 9.89. The summed E-state index contributed by atoms with van der Waals surface area (Å²) in [6.45, 7) is 8.76. The molecule has 0 saturated heterocycles. The largest absolute Gasteiger partial charge is 0.0877 e. The minimum Gasteiger partial charge on any atom is -0.0877 e. The first-order valence-corrected chi connectivity index (χ1v) is 7.62. The van der Waals surface area contributed by atoms with Gasteiger partial charge in [0.2, 0.25) is 0 Å². The van der Waals surface area contributed by atoms with Crippen LogP contribution < -0.4 is 0 Å². The highest BCUT2D eigenvalue weighted by molar-refractivity contribution is 5.76. The van der Waals surface area contributed by atoms with Crippen LogP contribution >= 0.6 is 0 Å². The van der Waals surface area contributed by atoms with Crippen molar-refractivity contribution in [3.05, 3.63) is 77.9 Å². The molecule has 0 bridgehead atoms. The summed E-state index contributed by atoms with van der Waals surface area (Å²) in [5, 5.41) is 0. The fraction of sp³-hybridized carbons (Fsp3) is 0.238. The molecule has 0 aromatic heterocycles. The van der Waals surface area contributed by atoms with Crippen molar-refractivity contribution in [3.63, 3.8) is 0 Å². The highest BCUT2D eigenvalue weighted by Gasteiger charge is 2.10. The van der Waals surface area contributed by atoms with Gasteiger partial charge in [-0.15, -0.1) is 0 Å². The van der Waals surface area contributed by atoms with Gasteiger partial charge < -0.3 is 0 Å². The van der Waals surface area contributed by atoms with E-state index in [4.69, 9.17) is 0 Å². The van der Waals surface area contributed by atoms with Crippen LogP contribution in [0.25, 0.3) is 16.7 Å². The van der Waals surface area contributed by atoms with Gasteiger partial charge in [-0.3, -0.25) is 0 Å². The number of aryl methyl sites for hydroxylation is 1. The summed E-state index contributed by atoms with van der Waals surface area (Å²) < 4.78 is 0. The van der Waals surface area contributed by atoms with Crippen LogP contribution in [0.3, 0.4) is 0 Å². The smallest absolute Gasteiger partial charge is 0.0178 e. The zero-order chi connectivity index (χ0) is 15.2. The molecule has 0 fully saturated rings. The van der Waals surface area contributed by atoms with Gasteiger partial charge in [-0.2, -0.15) is 0 Å². The van der Waals surface area contributed by atoms with Crippen molar-refractivity contribution in [3.8, 4) is 11.1 Å². The van der Waals surface area contributed by atoms with E-state index in [0.717, 1.165) is 0 Å². The molecule has 2 rings (SSSR count). The molecule has 0 heterocycles. The lowest BCUT2D eigenvalue weighted by molar-refractivity contribution is 0.854. The highest BCUT2D eigenvalue weighted by Crippen LogP contribution is 2.30. The zero-order valence-corrected chi connectivity index (χ0v) is 13.4. The Morgan fingerprint density at radius 1 is 0.952 bits per heavy atom. The SMILES string of the molecule is C/C=C\C=C(\c1cc(-c2ccccc2)ccc1C)C(C)C. The normalized spacial score (nSPS) is 12.3. The van der Waals surface area contributed by atoms with E-state index in [2.05, 4.69) is 94.5 Å². The number of hydrogen-bond donors (Lipinski definition) is 0. The van der Waals surface area contributed by atoms with Gasteiger partial charge in [0.25, 0.3) is 0 Å². The van der Waals surface area contributed by atoms with Crippen molar-refractivity contribution >= 4 is 5.57 Å². The molecular formula is C21H24. The molecule has 0 aliphatic carbocycles. The summed E-state index contributed by atoms with van der Waals surface area (Å²) in [7, 11) is 0. The maximum Gasteiger partial charge on any atom is -0.0178 e. The molecule has 0 radical (unpaired) electrons. The first-order valence-electron chi connectivity index (χ1n) is 7.62. The average Bonchev–Trinajstić information content (AvgIpc) is 2.50. The molecule has 108 valence electrons. The third-order valence-corrected chi connectivity index (χ3v) is 3.75. The van der Waals surface area contributed by atoms with Gasteiger partial charge >= 0.3 is 0 Å². The summed E-state index contributed by atoms with van der Waals surface area (Å²) >= 11 is 0. The maximum atomic E-state index is 2.32. The van der Waals surface area contributed by atoms with Gasteiger partial charge in [-0.1, -0.05) is 74.5 Å². The summed E-state index contributed by atoms with van der Waals surface area (Å²) in [6.07, 6.45) is 6.45. The molecule has 2 aromatic rings. The van der Waals surface area contributed by atoms with E-state index in [9.17, 15) is 0 Å². The van der Waals surface area contributed by atoms with Gasteiger partial charge in [-0.25, -0.2) is 0 Å². The van der Waals surface area contributed by atoms with Crippen LogP contribution in [0.2, 0.25) is 0 Å². The quantitative estimate of drug-likeness (QED) is 0.577. The lowest BCUT2D eigenvalue weighted by Gasteiger charge is -2.16. The van der Waals surface area contributed by atoms with E-state index in [1.807, 2.05) is 0 Å². The summed E-state index contributed by atoms with van der Waals surface area (Å²) in [6, 6.07) is 17.3. The molecule has 0 aliphatic heterocycles. The molecular weight excluding hydrogens is 252 g/mol. The first-order chi connectivity index (χ1) is 10.1. The van der Waals surface area contributed by atoms with Crippen molar-refractivity contribution in [2.24, 2.45) is 5.92 Å². The molecule has 0 nitrogen and oxygen atoms in total. The van der Waals surface area contributed by atoms with Crippen molar-refractivity contribution in [1.82, 2.24) is 0 Å². The molecule has 0 unspecified atom stereocenters. The van der Waals surface area contributed by atoms with E-state index in [1.165, 1.54) is 27.8 Å². The summed E-state index contributed by atoms with van der Waals surface area (Å²) in [5.41, 5.74) is 6.63. The highest BCUT2D eigenvalue weighted by atomic mass is 14.1. The Morgan fingerprint density at radius 2 is 1.67 bits per heavy atom. The molecule has 0 heteroatoms. The van der Waals surface area contributed by atoms with Crippen molar-refractivity contribution in [1.29, 1.82) is 0 Å². The summed E-state index contributed by atoms with van der Waals surface area (Å²) in [5.74, 6) is 0.505. The van der Waals surface area contributed by atoms with Crippen molar-refractivity contribution in [2.45, 2.75) is 27.7 Å². The lowest BCUT2D eigenvalue weighted by Crippen LogP contribution is -1.97. The number of hydrogen-bond acceptors (Lipinski definition) is 0. The first kappa shape index (κ1) is 15.3. The van der Waals surface area contributed by atoms with E-state index >= 15 is 0 Å². The van der Waals surface area contributed by atoms with Gasteiger partial charge in [-0.05, 0) is 53.7 Å². The zero-order valence-electron chi connectivity index (χ0n) is 13.4. The molecule has 0 atom stereocenters. The average molecular weight is 276 g/mol. The van der Waals surface area contributed by atoms with E-state index in [-0.39, 0.29) is 0 Å². The van der Waals surface area contributed by atoms with Crippen molar-refractivity contribution in [2.75, 3.05) is 0 Å². The van der Waals surface area contributed by atoms with E-state index in [1.54, 1.807) is 0 Å². The van der Waals surface area contributed by atoms with Crippen LogP contribution in [-0.4, -0.2) is 0 Å². The fourth-order valence-electron chi connectivity index (χ4n) is 2.54. The van der Waals surface area contributed by atoms with Crippen LogP contribution in [0.5, 0.6) is 0 Å². The fourth-order valence-corrected chi connectivity index (χ4v) is 2.54. The molecule has 0 amide bonds. The molecule has 0 saturated carbocycles. The van der Waals surface area contributed by atoms with Crippen LogP contribution in [0.4, 0.5) is 0 Å². The Labute approximate surface area is 128 Å². The predicted molar refractivity (Wildman–Crippen MR) is 94.2 cm³/mol. The van der Waals surface area contributed by atoms with Gasteiger partial charge in [0.05, 0.1) is 0 Å². The number of benzene rings is 2. The second-order valence-electron chi connectivity index (χ2n) is 5.70. The Balaban J connectivity index is 2.53. The Morgan fingerprint density at radius 3 is 2.29 bits per heavy atom. The molecule has 21 heavy (non-hydrogen) atoms. The summed E-state index contributed by atoms with van der Waals surface area (Å²) in [4.78, 5) is 0. The minimum absolute atomic E-state index is 0.505. The monoisotopic (exact) mass is 276 g/mol.